The Morgan fingerprint density at radius 3 is 1.85 bits per heavy atom. The van der Waals surface area contributed by atoms with Gasteiger partial charge in [0.1, 0.15) is 12.1 Å². The Morgan fingerprint density at radius 2 is 1.41 bits per heavy atom. The molecule has 0 amide bonds. The minimum atomic E-state index is -3.55. The summed E-state index contributed by atoms with van der Waals surface area (Å²) < 4.78 is 29.2. The van der Waals surface area contributed by atoms with Crippen LogP contribution in [0.15, 0.2) is 115 Å². The van der Waals surface area contributed by atoms with E-state index in [4.69, 9.17) is 9.26 Å². The molecule has 0 unspecified atom stereocenters. The number of hydrogen-bond acceptors (Lipinski definition) is 3. The topological polar surface area (TPSA) is 38.8 Å². The Morgan fingerprint density at radius 1 is 0.912 bits per heavy atom. The van der Waals surface area contributed by atoms with Gasteiger partial charge in [0.2, 0.25) is 0 Å². The summed E-state index contributed by atoms with van der Waals surface area (Å²) >= 11 is 0. The minimum absolute atomic E-state index is 0.340. The minimum Gasteiger partial charge on any atom is -0.483 e. The molecule has 3 aromatic rings. The molecule has 176 valence electrons. The highest BCUT2D eigenvalue weighted by Gasteiger charge is 2.54. The molecule has 1 atom stereocenters. The molecule has 0 aromatic heterocycles. The lowest BCUT2D eigenvalue weighted by molar-refractivity contribution is 0.143. The van der Waals surface area contributed by atoms with Crippen molar-refractivity contribution in [3.63, 3.8) is 0 Å². The van der Waals surface area contributed by atoms with Crippen molar-refractivity contribution < 1.29 is 13.8 Å². The van der Waals surface area contributed by atoms with Crippen LogP contribution in [0, 0.1) is 0 Å². The van der Waals surface area contributed by atoms with Gasteiger partial charge in [0, 0.05) is 6.54 Å². The van der Waals surface area contributed by atoms with Crippen molar-refractivity contribution in [2.75, 3.05) is 19.8 Å². The van der Waals surface area contributed by atoms with Gasteiger partial charge in [-0.15, -0.1) is 0 Å². The predicted octanol–water partition coefficient (Wildman–Crippen LogP) is 7.35. The van der Waals surface area contributed by atoms with Gasteiger partial charge >= 0.3 is 7.52 Å². The van der Waals surface area contributed by atoms with E-state index in [0.29, 0.717) is 25.3 Å². The highest BCUT2D eigenvalue weighted by atomic mass is 31.2. The Hall–Kier alpha value is -2.91. The molecule has 4 nitrogen and oxygen atoms in total. The van der Waals surface area contributed by atoms with Crippen molar-refractivity contribution in [1.29, 1.82) is 0 Å². The van der Waals surface area contributed by atoms with Crippen LogP contribution in [-0.2, 0) is 19.4 Å². The fraction of sp³-hybridized carbons (Fsp3) is 0.241. The zero-order valence-electron chi connectivity index (χ0n) is 19.8. The maximum atomic E-state index is 14.9. The van der Waals surface area contributed by atoms with Gasteiger partial charge in [0.05, 0.1) is 6.61 Å². The third-order valence-electron chi connectivity index (χ3n) is 6.15. The van der Waals surface area contributed by atoms with Gasteiger partial charge < -0.3 is 9.26 Å². The molecule has 0 aliphatic carbocycles. The van der Waals surface area contributed by atoms with Crippen LogP contribution in [0.25, 0.3) is 0 Å². The Kier molecular flexibility index (Phi) is 7.84. The van der Waals surface area contributed by atoms with E-state index in [0.717, 1.165) is 23.1 Å². The zero-order chi connectivity index (χ0) is 23.9. The fourth-order valence-corrected chi connectivity index (χ4v) is 7.29. The summed E-state index contributed by atoms with van der Waals surface area (Å²) in [5.74, 6) is 0. The van der Waals surface area contributed by atoms with Gasteiger partial charge in [0.15, 0.2) is 5.50 Å². The molecule has 1 fully saturated rings. The van der Waals surface area contributed by atoms with Crippen LogP contribution in [-0.4, -0.2) is 24.4 Å². The van der Waals surface area contributed by atoms with Crippen LogP contribution in [0.5, 0.6) is 0 Å². The highest BCUT2D eigenvalue weighted by Crippen LogP contribution is 2.66. The van der Waals surface area contributed by atoms with Crippen molar-refractivity contribution in [3.05, 3.63) is 131 Å². The second-order valence-electron chi connectivity index (χ2n) is 8.15. The van der Waals surface area contributed by atoms with Gasteiger partial charge in [0.25, 0.3) is 0 Å². The Balaban J connectivity index is 2.02. The average Bonchev–Trinajstić information content (AvgIpc) is 2.90. The van der Waals surface area contributed by atoms with Crippen molar-refractivity contribution >= 4 is 7.52 Å². The lowest BCUT2D eigenvalue weighted by Gasteiger charge is -2.49. The van der Waals surface area contributed by atoms with Crippen molar-refractivity contribution in [1.82, 2.24) is 4.67 Å². The van der Waals surface area contributed by atoms with Crippen LogP contribution in [0.4, 0.5) is 0 Å². The highest BCUT2D eigenvalue weighted by molar-refractivity contribution is 7.60. The average molecular weight is 474 g/mol. The number of nitrogens with zero attached hydrogens (tertiary/aromatic N) is 1. The van der Waals surface area contributed by atoms with Crippen LogP contribution in [0.1, 0.15) is 37.0 Å². The van der Waals surface area contributed by atoms with E-state index in [1.807, 2.05) is 80.6 Å². The standard InChI is InChI=1S/C29H32NO3P/c1-3-5-23-32-28(4-2)34(31)30(22-15-24-33-34)29(25-16-9-6-10-17-25,26-18-11-7-12-19-26)27-20-13-8-14-21-27/h3-14,16-21H,15,22-24H2,1-2H3/b5-3+,28-4+/t34-/m1/s1. The molecule has 0 spiro atoms. The lowest BCUT2D eigenvalue weighted by Crippen LogP contribution is -2.49. The predicted molar refractivity (Wildman–Crippen MR) is 139 cm³/mol. The summed E-state index contributed by atoms with van der Waals surface area (Å²) in [6.45, 7) is 5.16. The Bertz CT molecular complexity index is 1060. The molecule has 1 aliphatic heterocycles. The summed E-state index contributed by atoms with van der Waals surface area (Å²) in [5.41, 5.74) is 2.64. The first-order valence-corrected chi connectivity index (χ1v) is 13.4. The molecule has 0 N–H and O–H groups in total. The van der Waals surface area contributed by atoms with E-state index in [1.165, 1.54) is 0 Å². The van der Waals surface area contributed by atoms with E-state index < -0.39 is 13.1 Å². The molecular formula is C29H32NO3P. The van der Waals surface area contributed by atoms with Crippen LogP contribution >= 0.6 is 7.52 Å². The number of rotatable bonds is 8. The van der Waals surface area contributed by atoms with Gasteiger partial charge in [-0.25, -0.2) is 4.67 Å². The van der Waals surface area contributed by atoms with Crippen molar-refractivity contribution in [3.8, 4) is 0 Å². The molecule has 5 heteroatoms. The molecule has 4 rings (SSSR count). The van der Waals surface area contributed by atoms with Gasteiger partial charge in [-0.1, -0.05) is 103 Å². The molecule has 34 heavy (non-hydrogen) atoms. The van der Waals surface area contributed by atoms with Gasteiger partial charge in [-0.3, -0.25) is 4.57 Å². The second-order valence-corrected chi connectivity index (χ2v) is 10.4. The normalized spacial score (nSPS) is 19.9. The monoisotopic (exact) mass is 473 g/mol. The molecule has 0 bridgehead atoms. The second kappa shape index (κ2) is 11.0. The van der Waals surface area contributed by atoms with Crippen molar-refractivity contribution in [2.45, 2.75) is 25.8 Å². The van der Waals surface area contributed by atoms with Crippen LogP contribution in [0.2, 0.25) is 0 Å². The first kappa shape index (κ1) is 24.2. The first-order chi connectivity index (χ1) is 16.7. The van der Waals surface area contributed by atoms with E-state index in [-0.39, 0.29) is 0 Å². The maximum Gasteiger partial charge on any atom is 0.337 e. The summed E-state index contributed by atoms with van der Waals surface area (Å²) in [6, 6.07) is 30.9. The lowest BCUT2D eigenvalue weighted by atomic mass is 9.77. The Labute approximate surface area is 203 Å². The number of hydrogen-bond donors (Lipinski definition) is 0. The summed E-state index contributed by atoms with van der Waals surface area (Å²) in [5, 5.41) is 0. The number of benzene rings is 3. The van der Waals surface area contributed by atoms with Crippen molar-refractivity contribution in [2.24, 2.45) is 0 Å². The van der Waals surface area contributed by atoms with Gasteiger partial charge in [-0.2, -0.15) is 0 Å². The largest absolute Gasteiger partial charge is 0.483 e. The molecular weight excluding hydrogens is 441 g/mol. The molecule has 1 heterocycles. The third-order valence-corrected chi connectivity index (χ3v) is 8.76. The zero-order valence-corrected chi connectivity index (χ0v) is 20.7. The number of ether oxygens (including phenoxy) is 1. The van der Waals surface area contributed by atoms with Crippen LogP contribution < -0.4 is 0 Å². The maximum absolute atomic E-state index is 14.9. The summed E-state index contributed by atoms with van der Waals surface area (Å²) in [7, 11) is -3.55. The summed E-state index contributed by atoms with van der Waals surface area (Å²) in [4.78, 5) is 0. The molecule has 3 aromatic carbocycles. The van der Waals surface area contributed by atoms with Crippen LogP contribution in [0.3, 0.4) is 0 Å². The fourth-order valence-electron chi connectivity index (χ4n) is 4.69. The van der Waals surface area contributed by atoms with Gasteiger partial charge in [-0.05, 0) is 43.0 Å². The van der Waals surface area contributed by atoms with E-state index in [1.54, 1.807) is 6.08 Å². The number of allylic oxidation sites excluding steroid dienone is 2. The summed E-state index contributed by atoms with van der Waals surface area (Å²) in [6.07, 6.45) is 6.38. The van der Waals surface area contributed by atoms with E-state index in [2.05, 4.69) is 41.1 Å². The SMILES string of the molecule is C/C=C/CO/C(=C\C)[P@@]1(=O)OCCCN1C(c1ccccc1)(c1ccccc1)c1ccccc1. The quantitative estimate of drug-likeness (QED) is 0.148. The molecule has 1 saturated heterocycles. The first-order valence-electron chi connectivity index (χ1n) is 11.8. The molecule has 0 saturated carbocycles. The molecule has 1 aliphatic rings. The smallest absolute Gasteiger partial charge is 0.337 e. The van der Waals surface area contributed by atoms with E-state index in [9.17, 15) is 4.57 Å². The third kappa shape index (κ3) is 4.42. The molecule has 0 radical (unpaired) electrons. The van der Waals surface area contributed by atoms with E-state index >= 15 is 0 Å².